The average molecular weight is 334 g/mol. The van der Waals surface area contributed by atoms with Gasteiger partial charge >= 0.3 is 0 Å². The van der Waals surface area contributed by atoms with Crippen LogP contribution in [0.1, 0.15) is 89.8 Å². The highest BCUT2D eigenvalue weighted by molar-refractivity contribution is 4.92. The Bertz CT molecular complexity index is 407. The lowest BCUT2D eigenvalue weighted by Gasteiger charge is -2.22. The maximum atomic E-state index is 4.60. The van der Waals surface area contributed by atoms with Gasteiger partial charge in [-0.2, -0.15) is 0 Å². The Balaban J connectivity index is 1.52. The van der Waals surface area contributed by atoms with Crippen LogP contribution in [-0.4, -0.2) is 22.6 Å². The van der Waals surface area contributed by atoms with Crippen molar-refractivity contribution in [3.63, 3.8) is 0 Å². The Morgan fingerprint density at radius 1 is 1.00 bits per heavy atom. The molecule has 1 aromatic heterocycles. The molecule has 0 radical (unpaired) electrons. The van der Waals surface area contributed by atoms with E-state index in [-0.39, 0.29) is 0 Å². The fourth-order valence-corrected chi connectivity index (χ4v) is 3.86. The quantitative estimate of drug-likeness (QED) is 0.493. The Hall–Kier alpha value is -0.830. The zero-order valence-corrected chi connectivity index (χ0v) is 15.9. The lowest BCUT2D eigenvalue weighted by molar-refractivity contribution is 0.336. The lowest BCUT2D eigenvalue weighted by Crippen LogP contribution is -2.28. The van der Waals surface area contributed by atoms with Crippen molar-refractivity contribution in [2.45, 2.75) is 96.9 Å². The Labute approximate surface area is 149 Å². The number of imidazole rings is 1. The molecular formula is C21H39N3. The van der Waals surface area contributed by atoms with Gasteiger partial charge in [-0.15, -0.1) is 0 Å². The third kappa shape index (κ3) is 7.83. The predicted octanol–water partition coefficient (Wildman–Crippen LogP) is 5.35. The summed E-state index contributed by atoms with van der Waals surface area (Å²) in [6.07, 6.45) is 21.9. The van der Waals surface area contributed by atoms with Crippen molar-refractivity contribution in [1.29, 1.82) is 0 Å². The highest BCUT2D eigenvalue weighted by atomic mass is 15.1. The van der Waals surface area contributed by atoms with E-state index in [4.69, 9.17) is 0 Å². The summed E-state index contributed by atoms with van der Waals surface area (Å²) in [5.74, 6) is 2.22. The number of piperidine rings is 1. The van der Waals surface area contributed by atoms with E-state index >= 15 is 0 Å². The minimum atomic E-state index is 0.911. The Morgan fingerprint density at radius 3 is 2.38 bits per heavy atom. The molecule has 1 aliphatic heterocycles. The molecule has 24 heavy (non-hydrogen) atoms. The first-order chi connectivity index (χ1) is 11.9. The second kappa shape index (κ2) is 12.5. The third-order valence-corrected chi connectivity index (χ3v) is 5.54. The van der Waals surface area contributed by atoms with Crippen LogP contribution >= 0.6 is 0 Å². The van der Waals surface area contributed by atoms with Crippen LogP contribution in [0.5, 0.6) is 0 Å². The molecule has 1 aliphatic rings. The predicted molar refractivity (Wildman–Crippen MR) is 103 cm³/mol. The van der Waals surface area contributed by atoms with E-state index in [2.05, 4.69) is 28.0 Å². The van der Waals surface area contributed by atoms with Crippen molar-refractivity contribution < 1.29 is 0 Å². The van der Waals surface area contributed by atoms with Gasteiger partial charge in [-0.3, -0.25) is 0 Å². The van der Waals surface area contributed by atoms with Crippen molar-refractivity contribution in [2.24, 2.45) is 5.92 Å². The second-order valence-corrected chi connectivity index (χ2v) is 7.60. The van der Waals surface area contributed by atoms with Gasteiger partial charge in [0, 0.05) is 25.4 Å². The largest absolute Gasteiger partial charge is 0.335 e. The fourth-order valence-electron chi connectivity index (χ4n) is 3.86. The van der Waals surface area contributed by atoms with Crippen molar-refractivity contribution >= 4 is 0 Å². The smallest absolute Gasteiger partial charge is 0.108 e. The highest BCUT2D eigenvalue weighted by Gasteiger charge is 2.13. The SMILES string of the molecule is CCCCCCCCCCCc1nccn1CCC1CCNCC1. The van der Waals surface area contributed by atoms with E-state index in [9.17, 15) is 0 Å². The molecule has 0 aromatic carbocycles. The van der Waals surface area contributed by atoms with Gasteiger partial charge in [-0.05, 0) is 44.7 Å². The number of nitrogens with zero attached hydrogens (tertiary/aromatic N) is 2. The molecule has 3 heteroatoms. The standard InChI is InChI=1S/C21H39N3/c1-2-3-4-5-6-7-8-9-10-11-21-23-17-19-24(21)18-14-20-12-15-22-16-13-20/h17,19-20,22H,2-16,18H2,1H3. The van der Waals surface area contributed by atoms with Gasteiger partial charge in [0.1, 0.15) is 5.82 Å². The minimum Gasteiger partial charge on any atom is -0.335 e. The monoisotopic (exact) mass is 333 g/mol. The van der Waals surface area contributed by atoms with Gasteiger partial charge < -0.3 is 9.88 Å². The van der Waals surface area contributed by atoms with Crippen molar-refractivity contribution in [3.8, 4) is 0 Å². The zero-order chi connectivity index (χ0) is 16.9. The molecule has 138 valence electrons. The molecular weight excluding hydrogens is 294 g/mol. The van der Waals surface area contributed by atoms with E-state index in [1.54, 1.807) is 0 Å². The van der Waals surface area contributed by atoms with Crippen LogP contribution in [0.2, 0.25) is 0 Å². The van der Waals surface area contributed by atoms with Gasteiger partial charge in [0.05, 0.1) is 0 Å². The summed E-state index contributed by atoms with van der Waals surface area (Å²) >= 11 is 0. The van der Waals surface area contributed by atoms with Gasteiger partial charge in [-0.25, -0.2) is 4.98 Å². The van der Waals surface area contributed by atoms with Crippen molar-refractivity contribution in [2.75, 3.05) is 13.1 Å². The molecule has 3 nitrogen and oxygen atoms in total. The maximum absolute atomic E-state index is 4.60. The van der Waals surface area contributed by atoms with E-state index in [0.717, 1.165) is 18.9 Å². The number of hydrogen-bond acceptors (Lipinski definition) is 2. The van der Waals surface area contributed by atoms with E-state index in [1.807, 2.05) is 6.20 Å². The summed E-state index contributed by atoms with van der Waals surface area (Å²) in [6.45, 7) is 5.87. The van der Waals surface area contributed by atoms with Crippen LogP contribution in [-0.2, 0) is 13.0 Å². The van der Waals surface area contributed by atoms with Crippen LogP contribution in [0.15, 0.2) is 12.4 Å². The van der Waals surface area contributed by atoms with E-state index < -0.39 is 0 Å². The van der Waals surface area contributed by atoms with Gasteiger partial charge in [0.2, 0.25) is 0 Å². The number of aryl methyl sites for hydroxylation is 2. The Kier molecular flexibility index (Phi) is 10.2. The molecule has 1 fully saturated rings. The first-order valence-electron chi connectivity index (χ1n) is 10.6. The molecule has 1 N–H and O–H groups in total. The van der Waals surface area contributed by atoms with Crippen molar-refractivity contribution in [1.82, 2.24) is 14.9 Å². The molecule has 0 unspecified atom stereocenters. The van der Waals surface area contributed by atoms with Crippen LogP contribution < -0.4 is 5.32 Å². The number of hydrogen-bond donors (Lipinski definition) is 1. The number of rotatable bonds is 13. The molecule has 0 aliphatic carbocycles. The average Bonchev–Trinajstić information content (AvgIpc) is 3.07. The molecule has 0 amide bonds. The summed E-state index contributed by atoms with van der Waals surface area (Å²) in [5, 5.41) is 3.46. The number of nitrogens with one attached hydrogen (secondary N) is 1. The molecule has 1 saturated heterocycles. The highest BCUT2D eigenvalue weighted by Crippen LogP contribution is 2.18. The number of aromatic nitrogens is 2. The van der Waals surface area contributed by atoms with Crippen LogP contribution in [0.25, 0.3) is 0 Å². The second-order valence-electron chi connectivity index (χ2n) is 7.60. The molecule has 2 heterocycles. The van der Waals surface area contributed by atoms with Crippen molar-refractivity contribution in [3.05, 3.63) is 18.2 Å². The summed E-state index contributed by atoms with van der Waals surface area (Å²) < 4.78 is 2.41. The summed E-state index contributed by atoms with van der Waals surface area (Å²) in [7, 11) is 0. The van der Waals surface area contributed by atoms with E-state index in [1.165, 1.54) is 96.0 Å². The molecule has 0 saturated carbocycles. The molecule has 2 rings (SSSR count). The van der Waals surface area contributed by atoms with Crippen LogP contribution in [0, 0.1) is 5.92 Å². The topological polar surface area (TPSA) is 29.9 Å². The summed E-state index contributed by atoms with van der Waals surface area (Å²) in [4.78, 5) is 4.60. The third-order valence-electron chi connectivity index (χ3n) is 5.54. The summed E-state index contributed by atoms with van der Waals surface area (Å²) in [6, 6.07) is 0. The molecule has 0 spiro atoms. The minimum absolute atomic E-state index is 0.911. The fraction of sp³-hybridized carbons (Fsp3) is 0.857. The first kappa shape index (κ1) is 19.5. The van der Waals surface area contributed by atoms with Gasteiger partial charge in [-0.1, -0.05) is 58.3 Å². The molecule has 0 bridgehead atoms. The van der Waals surface area contributed by atoms with Gasteiger partial charge in [0.15, 0.2) is 0 Å². The zero-order valence-electron chi connectivity index (χ0n) is 15.9. The Morgan fingerprint density at radius 2 is 1.67 bits per heavy atom. The first-order valence-corrected chi connectivity index (χ1v) is 10.6. The van der Waals surface area contributed by atoms with Crippen LogP contribution in [0.4, 0.5) is 0 Å². The molecule has 0 atom stereocenters. The number of unbranched alkanes of at least 4 members (excludes halogenated alkanes) is 8. The maximum Gasteiger partial charge on any atom is 0.108 e. The normalized spacial score (nSPS) is 15.9. The van der Waals surface area contributed by atoms with E-state index in [0.29, 0.717) is 0 Å². The van der Waals surface area contributed by atoms with Gasteiger partial charge in [0.25, 0.3) is 0 Å². The van der Waals surface area contributed by atoms with Crippen LogP contribution in [0.3, 0.4) is 0 Å². The molecule has 1 aromatic rings. The lowest BCUT2D eigenvalue weighted by atomic mass is 9.95. The summed E-state index contributed by atoms with van der Waals surface area (Å²) in [5.41, 5.74) is 0.